The molecule has 0 saturated heterocycles. The lowest BCUT2D eigenvalue weighted by Crippen LogP contribution is -2.50. The molecular formula is C29H54O6. The molecule has 0 amide bonds. The fourth-order valence-corrected chi connectivity index (χ4v) is 4.26. The largest absolute Gasteiger partial charge is 0.382 e. The lowest BCUT2D eigenvalue weighted by atomic mass is 9.67. The number of carbonyl (C=O) groups is 3. The maximum absolute atomic E-state index is 13.3. The van der Waals surface area contributed by atoms with Crippen molar-refractivity contribution in [3.05, 3.63) is 0 Å². The molecule has 6 heteroatoms. The van der Waals surface area contributed by atoms with E-state index in [-0.39, 0.29) is 17.3 Å². The fourth-order valence-electron chi connectivity index (χ4n) is 4.26. The van der Waals surface area contributed by atoms with Crippen LogP contribution in [0, 0.1) is 5.41 Å². The zero-order valence-electron chi connectivity index (χ0n) is 24.2. The van der Waals surface area contributed by atoms with Gasteiger partial charge >= 0.3 is 0 Å². The molecule has 0 bridgehead atoms. The van der Waals surface area contributed by atoms with Gasteiger partial charge in [0.15, 0.2) is 11.6 Å². The number of hydrogen-bond donors (Lipinski definition) is 1. The van der Waals surface area contributed by atoms with E-state index in [1.54, 1.807) is 13.8 Å². The maximum atomic E-state index is 13.3. The van der Waals surface area contributed by atoms with E-state index in [1.165, 1.54) is 0 Å². The first-order valence-electron chi connectivity index (χ1n) is 13.8. The lowest BCUT2D eigenvalue weighted by molar-refractivity contribution is -0.158. The predicted octanol–water partition coefficient (Wildman–Crippen LogP) is 6.39. The number of ketones is 3. The summed E-state index contributed by atoms with van der Waals surface area (Å²) < 4.78 is 12.2. The van der Waals surface area contributed by atoms with Crippen LogP contribution in [0.2, 0.25) is 0 Å². The number of ether oxygens (including phenoxy) is 2. The van der Waals surface area contributed by atoms with E-state index >= 15 is 0 Å². The Bertz CT molecular complexity index is 672. The minimum absolute atomic E-state index is 0.0323. The topological polar surface area (TPSA) is 89.9 Å². The van der Waals surface area contributed by atoms with Gasteiger partial charge in [0.05, 0.1) is 11.0 Å². The quantitative estimate of drug-likeness (QED) is 0.184. The predicted molar refractivity (Wildman–Crippen MR) is 142 cm³/mol. The van der Waals surface area contributed by atoms with Crippen LogP contribution in [0.25, 0.3) is 0 Å². The molecule has 4 unspecified atom stereocenters. The molecule has 0 saturated carbocycles. The van der Waals surface area contributed by atoms with Crippen LogP contribution in [0.3, 0.4) is 0 Å². The monoisotopic (exact) mass is 498 g/mol. The van der Waals surface area contributed by atoms with Gasteiger partial charge in [-0.05, 0) is 86.0 Å². The standard InChI is InChI=1S/C29H54O6/c1-10-26(6,24(31)19-16-18-21-34-28(8,12-3)23(5)30)29(9,13-4)35-22-17-14-15-20-25(32)27(7,33)11-2/h33H,10-22H2,1-9H3. The van der Waals surface area contributed by atoms with Crippen molar-refractivity contribution >= 4 is 17.3 Å². The van der Waals surface area contributed by atoms with Crippen LogP contribution in [0.4, 0.5) is 0 Å². The van der Waals surface area contributed by atoms with Crippen LogP contribution < -0.4 is 0 Å². The second kappa shape index (κ2) is 15.2. The molecular weight excluding hydrogens is 444 g/mol. The van der Waals surface area contributed by atoms with Crippen LogP contribution >= 0.6 is 0 Å². The number of aliphatic hydroxyl groups is 1. The van der Waals surface area contributed by atoms with Crippen LogP contribution in [0.1, 0.15) is 133 Å². The van der Waals surface area contributed by atoms with Gasteiger partial charge in [0.2, 0.25) is 0 Å². The van der Waals surface area contributed by atoms with Gasteiger partial charge in [-0.25, -0.2) is 0 Å². The van der Waals surface area contributed by atoms with E-state index < -0.39 is 22.2 Å². The smallest absolute Gasteiger partial charge is 0.164 e. The highest BCUT2D eigenvalue weighted by molar-refractivity contribution is 5.86. The number of carbonyl (C=O) groups excluding carboxylic acids is 3. The molecule has 206 valence electrons. The zero-order chi connectivity index (χ0) is 27.3. The van der Waals surface area contributed by atoms with Crippen molar-refractivity contribution in [2.24, 2.45) is 5.41 Å². The van der Waals surface area contributed by atoms with E-state index in [1.807, 2.05) is 41.5 Å². The fraction of sp³-hybridized carbons (Fsp3) is 0.897. The molecule has 35 heavy (non-hydrogen) atoms. The normalized spacial score (nSPS) is 18.7. The molecule has 0 radical (unpaired) electrons. The molecule has 0 aromatic heterocycles. The molecule has 0 spiro atoms. The second-order valence-corrected chi connectivity index (χ2v) is 10.8. The van der Waals surface area contributed by atoms with Crippen molar-refractivity contribution in [2.45, 2.75) is 150 Å². The highest BCUT2D eigenvalue weighted by atomic mass is 16.5. The third-order valence-corrected chi connectivity index (χ3v) is 8.56. The van der Waals surface area contributed by atoms with Crippen molar-refractivity contribution in [3.8, 4) is 0 Å². The molecule has 0 aliphatic rings. The van der Waals surface area contributed by atoms with Crippen molar-refractivity contribution < 1.29 is 29.0 Å². The molecule has 0 aromatic rings. The molecule has 0 aliphatic carbocycles. The summed E-state index contributed by atoms with van der Waals surface area (Å²) in [5.74, 6) is 0.140. The van der Waals surface area contributed by atoms with Gasteiger partial charge in [-0.15, -0.1) is 0 Å². The first-order chi connectivity index (χ1) is 16.2. The van der Waals surface area contributed by atoms with Crippen molar-refractivity contribution in [3.63, 3.8) is 0 Å². The Hall–Kier alpha value is -1.11. The summed E-state index contributed by atoms with van der Waals surface area (Å²) in [7, 11) is 0. The maximum Gasteiger partial charge on any atom is 0.164 e. The van der Waals surface area contributed by atoms with Gasteiger partial charge in [0.25, 0.3) is 0 Å². The summed E-state index contributed by atoms with van der Waals surface area (Å²) in [5, 5.41) is 10.0. The molecule has 1 N–H and O–H groups in total. The third-order valence-electron chi connectivity index (χ3n) is 8.56. The lowest BCUT2D eigenvalue weighted by Gasteiger charge is -2.44. The van der Waals surface area contributed by atoms with Gasteiger partial charge in [-0.3, -0.25) is 14.4 Å². The zero-order valence-corrected chi connectivity index (χ0v) is 24.2. The molecule has 0 rings (SSSR count). The summed E-state index contributed by atoms with van der Waals surface area (Å²) in [6.07, 6.45) is 7.20. The second-order valence-electron chi connectivity index (χ2n) is 10.8. The molecule has 0 aromatic carbocycles. The summed E-state index contributed by atoms with van der Waals surface area (Å²) in [6, 6.07) is 0. The highest BCUT2D eigenvalue weighted by Crippen LogP contribution is 2.42. The van der Waals surface area contributed by atoms with E-state index in [2.05, 4.69) is 6.92 Å². The van der Waals surface area contributed by atoms with E-state index in [0.29, 0.717) is 45.3 Å². The Morgan fingerprint density at radius 2 is 1.17 bits per heavy atom. The van der Waals surface area contributed by atoms with Crippen molar-refractivity contribution in [2.75, 3.05) is 13.2 Å². The van der Waals surface area contributed by atoms with E-state index in [4.69, 9.17) is 9.47 Å². The van der Waals surface area contributed by atoms with Crippen molar-refractivity contribution in [1.82, 2.24) is 0 Å². The average Bonchev–Trinajstić information content (AvgIpc) is 2.84. The number of unbranched alkanes of at least 4 members (excludes halogenated alkanes) is 3. The average molecular weight is 499 g/mol. The van der Waals surface area contributed by atoms with Crippen LogP contribution in [-0.2, 0) is 23.9 Å². The van der Waals surface area contributed by atoms with E-state index in [9.17, 15) is 19.5 Å². The Balaban J connectivity index is 4.70. The number of hydrogen-bond acceptors (Lipinski definition) is 6. The Labute approximate surface area is 214 Å². The van der Waals surface area contributed by atoms with Gasteiger partial charge in [0.1, 0.15) is 17.0 Å². The SMILES string of the molecule is CCC(C)(O)C(=O)CCCCCOC(C)(CC)C(C)(CC)C(=O)CCCCOC(C)(CC)C(C)=O. The molecule has 6 nitrogen and oxygen atoms in total. The highest BCUT2D eigenvalue weighted by Gasteiger charge is 2.47. The first-order valence-corrected chi connectivity index (χ1v) is 13.8. The van der Waals surface area contributed by atoms with Gasteiger partial charge in [-0.2, -0.15) is 0 Å². The van der Waals surface area contributed by atoms with Crippen LogP contribution in [0.5, 0.6) is 0 Å². The minimum atomic E-state index is -1.23. The summed E-state index contributed by atoms with van der Waals surface area (Å²) in [4.78, 5) is 37.2. The summed E-state index contributed by atoms with van der Waals surface area (Å²) in [6.45, 7) is 17.9. The minimum Gasteiger partial charge on any atom is -0.382 e. The summed E-state index contributed by atoms with van der Waals surface area (Å²) >= 11 is 0. The van der Waals surface area contributed by atoms with Crippen molar-refractivity contribution in [1.29, 1.82) is 0 Å². The molecule has 4 atom stereocenters. The van der Waals surface area contributed by atoms with Crippen LogP contribution in [0.15, 0.2) is 0 Å². The molecule has 0 fully saturated rings. The Morgan fingerprint density at radius 1 is 0.657 bits per heavy atom. The number of Topliss-reactive ketones (excluding diaryl/α,β-unsaturated/α-hetero) is 3. The molecule has 0 aliphatic heterocycles. The first kappa shape index (κ1) is 33.9. The summed E-state index contributed by atoms with van der Waals surface area (Å²) in [5.41, 5.74) is -3.12. The third kappa shape index (κ3) is 9.70. The number of rotatable bonds is 21. The van der Waals surface area contributed by atoms with E-state index in [0.717, 1.165) is 38.5 Å². The Kier molecular flexibility index (Phi) is 14.7. The van der Waals surface area contributed by atoms with Gasteiger partial charge in [0, 0.05) is 26.1 Å². The Morgan fingerprint density at radius 3 is 1.66 bits per heavy atom. The van der Waals surface area contributed by atoms with Crippen LogP contribution in [-0.4, -0.2) is 52.5 Å². The van der Waals surface area contributed by atoms with Gasteiger partial charge < -0.3 is 14.6 Å². The molecule has 0 heterocycles. The van der Waals surface area contributed by atoms with Gasteiger partial charge in [-0.1, -0.05) is 34.1 Å².